The van der Waals surface area contributed by atoms with Gasteiger partial charge in [-0.25, -0.2) is 4.98 Å². The Labute approximate surface area is 145 Å². The summed E-state index contributed by atoms with van der Waals surface area (Å²) in [5.41, 5.74) is 1.89. The first-order chi connectivity index (χ1) is 11.7. The summed E-state index contributed by atoms with van der Waals surface area (Å²) in [5, 5.41) is 3.58. The fourth-order valence-electron chi connectivity index (χ4n) is 2.67. The Bertz CT molecular complexity index is 830. The molecule has 24 heavy (non-hydrogen) atoms. The number of ether oxygens (including phenoxy) is 1. The van der Waals surface area contributed by atoms with Gasteiger partial charge in [-0.15, -0.1) is 0 Å². The highest BCUT2D eigenvalue weighted by Crippen LogP contribution is 2.30. The number of rotatable bonds is 6. The van der Waals surface area contributed by atoms with Gasteiger partial charge in [0, 0.05) is 0 Å². The molecule has 5 heteroatoms. The van der Waals surface area contributed by atoms with Crippen LogP contribution in [0, 0.1) is 0 Å². The molecule has 0 saturated heterocycles. The van der Waals surface area contributed by atoms with E-state index >= 15 is 0 Å². The summed E-state index contributed by atoms with van der Waals surface area (Å²) in [6, 6.07) is 15.6. The van der Waals surface area contributed by atoms with E-state index in [0.717, 1.165) is 28.0 Å². The van der Waals surface area contributed by atoms with E-state index in [-0.39, 0.29) is 11.8 Å². The third kappa shape index (κ3) is 3.57. The molecule has 0 unspecified atom stereocenters. The van der Waals surface area contributed by atoms with Gasteiger partial charge in [0.15, 0.2) is 5.13 Å². The zero-order valence-electron chi connectivity index (χ0n) is 13.8. The predicted molar refractivity (Wildman–Crippen MR) is 98.9 cm³/mol. The maximum absolute atomic E-state index is 12.6. The molecule has 0 aliphatic heterocycles. The summed E-state index contributed by atoms with van der Waals surface area (Å²) in [7, 11) is 0. The summed E-state index contributed by atoms with van der Waals surface area (Å²) >= 11 is 1.47. The van der Waals surface area contributed by atoms with Crippen LogP contribution in [0.3, 0.4) is 0 Å². The molecule has 0 aliphatic rings. The zero-order chi connectivity index (χ0) is 16.9. The first kappa shape index (κ1) is 16.5. The number of thiazole rings is 1. The van der Waals surface area contributed by atoms with Crippen LogP contribution in [0.25, 0.3) is 10.2 Å². The van der Waals surface area contributed by atoms with Crippen LogP contribution >= 0.6 is 11.3 Å². The highest BCUT2D eigenvalue weighted by atomic mass is 32.1. The van der Waals surface area contributed by atoms with Gasteiger partial charge in [0.05, 0.1) is 22.7 Å². The van der Waals surface area contributed by atoms with Crippen molar-refractivity contribution < 1.29 is 9.53 Å². The van der Waals surface area contributed by atoms with E-state index in [4.69, 9.17) is 4.74 Å². The third-order valence-electron chi connectivity index (χ3n) is 3.83. The van der Waals surface area contributed by atoms with E-state index in [1.54, 1.807) is 0 Å². The van der Waals surface area contributed by atoms with E-state index in [1.807, 2.05) is 62.4 Å². The highest BCUT2D eigenvalue weighted by molar-refractivity contribution is 7.22. The van der Waals surface area contributed by atoms with E-state index in [1.165, 1.54) is 11.3 Å². The number of amides is 1. The lowest BCUT2D eigenvalue weighted by Gasteiger charge is -2.13. The number of carbonyl (C=O) groups is 1. The van der Waals surface area contributed by atoms with Crippen LogP contribution in [0.4, 0.5) is 5.13 Å². The number of nitrogens with zero attached hydrogens (tertiary/aromatic N) is 1. The number of hydrogen-bond acceptors (Lipinski definition) is 4. The molecule has 1 atom stereocenters. The fraction of sp³-hybridized carbons (Fsp3) is 0.263. The SMILES string of the molecule is CCOc1ccc2nc(NC(=O)[C@@H](CC)c3ccccc3)sc2c1. The number of nitrogens with one attached hydrogen (secondary N) is 1. The summed E-state index contributed by atoms with van der Waals surface area (Å²) in [6.07, 6.45) is 0.745. The fourth-order valence-corrected chi connectivity index (χ4v) is 3.56. The first-order valence-corrected chi connectivity index (χ1v) is 8.92. The lowest BCUT2D eigenvalue weighted by Crippen LogP contribution is -2.20. The molecule has 0 fully saturated rings. The molecule has 3 aromatic rings. The van der Waals surface area contributed by atoms with Gasteiger partial charge in [-0.2, -0.15) is 0 Å². The Kier molecular flexibility index (Phi) is 5.11. The Morgan fingerprint density at radius 3 is 2.71 bits per heavy atom. The van der Waals surface area contributed by atoms with Gasteiger partial charge < -0.3 is 10.1 Å². The molecule has 3 rings (SSSR count). The number of benzene rings is 2. The minimum Gasteiger partial charge on any atom is -0.494 e. The number of anilines is 1. The molecule has 0 bridgehead atoms. The molecule has 1 aromatic heterocycles. The molecule has 1 amide bonds. The highest BCUT2D eigenvalue weighted by Gasteiger charge is 2.19. The maximum atomic E-state index is 12.6. The Balaban J connectivity index is 1.79. The van der Waals surface area contributed by atoms with Gasteiger partial charge in [-0.05, 0) is 37.1 Å². The summed E-state index contributed by atoms with van der Waals surface area (Å²) < 4.78 is 6.51. The van der Waals surface area contributed by atoms with Crippen molar-refractivity contribution >= 4 is 32.6 Å². The standard InChI is InChI=1S/C19H20N2O2S/c1-3-15(13-8-6-5-7-9-13)18(22)21-19-20-16-11-10-14(23-4-2)12-17(16)24-19/h5-12,15H,3-4H2,1-2H3,(H,20,21,22)/t15-/m0/s1. The van der Waals surface area contributed by atoms with Crippen molar-refractivity contribution in [1.29, 1.82) is 0 Å². The van der Waals surface area contributed by atoms with Gasteiger partial charge in [0.25, 0.3) is 0 Å². The second-order valence-corrected chi connectivity index (χ2v) is 6.47. The van der Waals surface area contributed by atoms with Crippen LogP contribution in [0.1, 0.15) is 31.7 Å². The van der Waals surface area contributed by atoms with Crippen LogP contribution in [0.2, 0.25) is 0 Å². The minimum absolute atomic E-state index is 0.0206. The lowest BCUT2D eigenvalue weighted by molar-refractivity contribution is -0.117. The van der Waals surface area contributed by atoms with Crippen LogP contribution in [-0.4, -0.2) is 17.5 Å². The van der Waals surface area contributed by atoms with E-state index in [9.17, 15) is 4.79 Å². The summed E-state index contributed by atoms with van der Waals surface area (Å²) in [4.78, 5) is 17.1. The Morgan fingerprint density at radius 2 is 2.00 bits per heavy atom. The van der Waals surface area contributed by atoms with Crippen molar-refractivity contribution in [2.24, 2.45) is 0 Å². The van der Waals surface area contributed by atoms with E-state index in [0.29, 0.717) is 11.7 Å². The van der Waals surface area contributed by atoms with Gasteiger partial charge in [0.2, 0.25) is 5.91 Å². The molecule has 4 nitrogen and oxygen atoms in total. The molecule has 0 spiro atoms. The summed E-state index contributed by atoms with van der Waals surface area (Å²) in [5.74, 6) is 0.632. The zero-order valence-corrected chi connectivity index (χ0v) is 14.6. The second-order valence-electron chi connectivity index (χ2n) is 5.44. The first-order valence-electron chi connectivity index (χ1n) is 8.10. The molecule has 124 valence electrons. The Hall–Kier alpha value is -2.40. The molecule has 1 N–H and O–H groups in total. The molecule has 0 aliphatic carbocycles. The average molecular weight is 340 g/mol. The number of carbonyl (C=O) groups excluding carboxylic acids is 1. The number of fused-ring (bicyclic) bond motifs is 1. The third-order valence-corrected chi connectivity index (χ3v) is 4.76. The van der Waals surface area contributed by atoms with Gasteiger partial charge in [-0.1, -0.05) is 48.6 Å². The van der Waals surface area contributed by atoms with Gasteiger partial charge in [0.1, 0.15) is 5.75 Å². The van der Waals surface area contributed by atoms with Crippen molar-refractivity contribution in [1.82, 2.24) is 4.98 Å². The smallest absolute Gasteiger partial charge is 0.233 e. The van der Waals surface area contributed by atoms with E-state index in [2.05, 4.69) is 10.3 Å². The van der Waals surface area contributed by atoms with Gasteiger partial charge in [-0.3, -0.25) is 4.79 Å². The largest absolute Gasteiger partial charge is 0.494 e. The Morgan fingerprint density at radius 1 is 1.21 bits per heavy atom. The summed E-state index contributed by atoms with van der Waals surface area (Å²) in [6.45, 7) is 4.60. The minimum atomic E-state index is -0.169. The second kappa shape index (κ2) is 7.45. The molecular formula is C19H20N2O2S. The van der Waals surface area contributed by atoms with Crippen LogP contribution in [0.5, 0.6) is 5.75 Å². The van der Waals surface area contributed by atoms with Crippen LogP contribution in [-0.2, 0) is 4.79 Å². The molecule has 2 aromatic carbocycles. The quantitative estimate of drug-likeness (QED) is 0.699. The maximum Gasteiger partial charge on any atom is 0.233 e. The van der Waals surface area contributed by atoms with Crippen molar-refractivity contribution in [2.75, 3.05) is 11.9 Å². The van der Waals surface area contributed by atoms with Crippen molar-refractivity contribution in [2.45, 2.75) is 26.2 Å². The van der Waals surface area contributed by atoms with Crippen molar-refractivity contribution in [3.63, 3.8) is 0 Å². The van der Waals surface area contributed by atoms with Crippen molar-refractivity contribution in [3.8, 4) is 5.75 Å². The molecule has 1 heterocycles. The number of hydrogen-bond donors (Lipinski definition) is 1. The molecule has 0 radical (unpaired) electrons. The van der Waals surface area contributed by atoms with Gasteiger partial charge >= 0.3 is 0 Å². The van der Waals surface area contributed by atoms with Crippen LogP contribution in [0.15, 0.2) is 48.5 Å². The van der Waals surface area contributed by atoms with E-state index < -0.39 is 0 Å². The monoisotopic (exact) mass is 340 g/mol. The van der Waals surface area contributed by atoms with Crippen LogP contribution < -0.4 is 10.1 Å². The molecule has 0 saturated carbocycles. The molecular weight excluding hydrogens is 320 g/mol. The predicted octanol–water partition coefficient (Wildman–Crippen LogP) is 4.83. The lowest BCUT2D eigenvalue weighted by atomic mass is 9.96. The topological polar surface area (TPSA) is 51.2 Å². The normalized spacial score (nSPS) is 12.1. The number of aromatic nitrogens is 1. The van der Waals surface area contributed by atoms with Crippen molar-refractivity contribution in [3.05, 3.63) is 54.1 Å². The average Bonchev–Trinajstić information content (AvgIpc) is 2.98.